The van der Waals surface area contributed by atoms with Crippen molar-refractivity contribution in [1.29, 1.82) is 0 Å². The first-order chi connectivity index (χ1) is 18.2. The second-order valence-electron chi connectivity index (χ2n) is 10.3. The Kier molecular flexibility index (Phi) is 8.63. The summed E-state index contributed by atoms with van der Waals surface area (Å²) in [7, 11) is 1.54. The zero-order valence-electron chi connectivity index (χ0n) is 22.0. The van der Waals surface area contributed by atoms with E-state index >= 15 is 0 Å². The summed E-state index contributed by atoms with van der Waals surface area (Å²) >= 11 is 12.7. The van der Waals surface area contributed by atoms with Gasteiger partial charge in [-0.15, -0.1) is 0 Å². The number of hydrazone groups is 1. The Labute approximate surface area is 234 Å². The van der Waals surface area contributed by atoms with Gasteiger partial charge in [-0.3, -0.25) is 20.0 Å². The minimum absolute atomic E-state index is 0.0640. The summed E-state index contributed by atoms with van der Waals surface area (Å²) < 4.78 is 0. The molecule has 2 aliphatic rings. The molecule has 1 saturated heterocycles. The molecule has 1 aliphatic heterocycles. The van der Waals surface area contributed by atoms with Crippen LogP contribution in [0.25, 0.3) is 0 Å². The van der Waals surface area contributed by atoms with Gasteiger partial charge < -0.3 is 4.90 Å². The summed E-state index contributed by atoms with van der Waals surface area (Å²) in [5.41, 5.74) is 4.34. The van der Waals surface area contributed by atoms with Gasteiger partial charge in [-0.05, 0) is 73.4 Å². The fourth-order valence-corrected chi connectivity index (χ4v) is 6.03. The van der Waals surface area contributed by atoms with E-state index in [1.807, 2.05) is 23.1 Å². The van der Waals surface area contributed by atoms with E-state index in [0.29, 0.717) is 46.2 Å². The van der Waals surface area contributed by atoms with Crippen molar-refractivity contribution in [3.63, 3.8) is 0 Å². The van der Waals surface area contributed by atoms with Crippen LogP contribution in [0.15, 0.2) is 52.6 Å². The number of amides is 3. The largest absolute Gasteiger partial charge is 0.325 e. The Morgan fingerprint density at radius 3 is 2.42 bits per heavy atom. The molecule has 1 heterocycles. The highest BCUT2D eigenvalue weighted by molar-refractivity contribution is 6.36. The van der Waals surface area contributed by atoms with Crippen LogP contribution < -0.4 is 15.6 Å². The van der Waals surface area contributed by atoms with E-state index < -0.39 is 0 Å². The number of rotatable bonds is 6. The predicted molar refractivity (Wildman–Crippen MR) is 154 cm³/mol. The Morgan fingerprint density at radius 2 is 1.84 bits per heavy atom. The first-order valence-corrected chi connectivity index (χ1v) is 13.6. The minimum Gasteiger partial charge on any atom is -0.313 e. The molecule has 2 fully saturated rings. The number of hydrogen-bond acceptors (Lipinski definition) is 4. The first kappa shape index (κ1) is 27.9. The maximum absolute atomic E-state index is 13.9. The monoisotopic (exact) mass is 556 g/mol. The van der Waals surface area contributed by atoms with Gasteiger partial charge in [-0.2, -0.15) is 5.10 Å². The third-order valence-electron chi connectivity index (χ3n) is 7.79. The molecule has 0 radical (unpaired) electrons. The van der Waals surface area contributed by atoms with E-state index in [4.69, 9.17) is 23.2 Å². The highest BCUT2D eigenvalue weighted by atomic mass is 35.5. The molecule has 10 heteroatoms. The maximum atomic E-state index is 13.9. The summed E-state index contributed by atoms with van der Waals surface area (Å²) in [6.45, 7) is 8.91. The number of aliphatic imine (C=N–C) groups is 1. The van der Waals surface area contributed by atoms with Crippen LogP contribution in [-0.2, 0) is 6.54 Å². The molecule has 3 amide bonds. The summed E-state index contributed by atoms with van der Waals surface area (Å²) in [5.74, 6) is 1.16. The average molecular weight is 558 g/mol. The molecule has 2 N–H and O–H groups in total. The molecule has 4 rings (SSSR count). The first-order valence-electron chi connectivity index (χ1n) is 12.8. The number of urea groups is 1. The van der Waals surface area contributed by atoms with E-state index in [9.17, 15) is 9.59 Å². The molecule has 38 heavy (non-hydrogen) atoms. The Balaban J connectivity index is 1.57. The van der Waals surface area contributed by atoms with Crippen molar-refractivity contribution < 1.29 is 9.59 Å². The van der Waals surface area contributed by atoms with Crippen molar-refractivity contribution in [3.05, 3.63) is 63.6 Å². The molecule has 0 aromatic heterocycles. The molecule has 0 bridgehead atoms. The molecule has 1 saturated carbocycles. The molecule has 2 aromatic rings. The fraction of sp³-hybridized carbons (Fsp3) is 0.429. The van der Waals surface area contributed by atoms with Crippen LogP contribution in [0, 0.1) is 11.8 Å². The highest BCUT2D eigenvalue weighted by Gasteiger charge is 2.51. The minimum atomic E-state index is -0.322. The zero-order valence-corrected chi connectivity index (χ0v) is 23.5. The van der Waals surface area contributed by atoms with Crippen molar-refractivity contribution in [2.75, 3.05) is 18.5 Å². The molecule has 202 valence electrons. The van der Waals surface area contributed by atoms with Gasteiger partial charge in [-0.25, -0.2) is 10.2 Å². The standard InChI is InChI=1S/C28H34Cl2N6O2/c1-18(2)20-11-13-28(14-12-20)17-35(24-10-9-22(29)15-23(24)30)27(38)36(28)16-19-5-7-21(8-6-19)25(37)33-26(31-3)34-32-4/h5-10,15,18,20H,4,11-14,16-17H2,1-3H3,(H2,31,33,34,37). The van der Waals surface area contributed by atoms with Gasteiger partial charge in [0.05, 0.1) is 22.8 Å². The number of guanidine groups is 1. The van der Waals surface area contributed by atoms with Gasteiger partial charge in [-0.1, -0.05) is 49.2 Å². The molecule has 0 atom stereocenters. The van der Waals surface area contributed by atoms with Crippen LogP contribution in [0.5, 0.6) is 0 Å². The van der Waals surface area contributed by atoms with Crippen LogP contribution in [0.3, 0.4) is 0 Å². The maximum Gasteiger partial charge on any atom is 0.325 e. The van der Waals surface area contributed by atoms with Gasteiger partial charge in [0.15, 0.2) is 0 Å². The summed E-state index contributed by atoms with van der Waals surface area (Å²) in [4.78, 5) is 34.2. The van der Waals surface area contributed by atoms with Crippen molar-refractivity contribution in [3.8, 4) is 0 Å². The van der Waals surface area contributed by atoms with E-state index in [-0.39, 0.29) is 23.4 Å². The molecule has 8 nitrogen and oxygen atoms in total. The van der Waals surface area contributed by atoms with Crippen molar-refractivity contribution in [2.24, 2.45) is 21.9 Å². The van der Waals surface area contributed by atoms with Gasteiger partial charge >= 0.3 is 6.03 Å². The van der Waals surface area contributed by atoms with Crippen LogP contribution >= 0.6 is 23.2 Å². The van der Waals surface area contributed by atoms with E-state index in [2.05, 4.69) is 41.4 Å². The van der Waals surface area contributed by atoms with Gasteiger partial charge in [0, 0.05) is 30.9 Å². The Hall–Kier alpha value is -3.10. The molecule has 1 aliphatic carbocycles. The summed E-state index contributed by atoms with van der Waals surface area (Å²) in [5, 5.41) is 7.17. The lowest BCUT2D eigenvalue weighted by Gasteiger charge is -2.43. The van der Waals surface area contributed by atoms with Crippen molar-refractivity contribution in [1.82, 2.24) is 15.6 Å². The lowest BCUT2D eigenvalue weighted by molar-refractivity contribution is 0.0843. The van der Waals surface area contributed by atoms with Crippen LogP contribution in [0.1, 0.15) is 55.5 Å². The fourth-order valence-electron chi connectivity index (χ4n) is 5.52. The molecule has 1 spiro atoms. The smallest absolute Gasteiger partial charge is 0.313 e. The van der Waals surface area contributed by atoms with Gasteiger partial charge in [0.25, 0.3) is 5.91 Å². The predicted octanol–water partition coefficient (Wildman–Crippen LogP) is 5.94. The van der Waals surface area contributed by atoms with Gasteiger partial charge in [0.1, 0.15) is 0 Å². The highest BCUT2D eigenvalue weighted by Crippen LogP contribution is 2.46. The van der Waals surface area contributed by atoms with E-state index in [1.165, 1.54) is 7.05 Å². The lowest BCUT2D eigenvalue weighted by atomic mass is 9.72. The number of carbonyl (C=O) groups excluding carboxylic acids is 2. The van der Waals surface area contributed by atoms with E-state index in [0.717, 1.165) is 31.2 Å². The summed E-state index contributed by atoms with van der Waals surface area (Å²) in [6.07, 6.45) is 4.04. The third-order valence-corrected chi connectivity index (χ3v) is 8.33. The Bertz CT molecular complexity index is 1220. The number of benzene rings is 2. The second kappa shape index (κ2) is 11.7. The molecule has 2 aromatic carbocycles. The number of anilines is 1. The molecular weight excluding hydrogens is 523 g/mol. The quantitative estimate of drug-likeness (QED) is 0.262. The second-order valence-corrected chi connectivity index (χ2v) is 11.2. The van der Waals surface area contributed by atoms with Crippen LogP contribution in [0.4, 0.5) is 10.5 Å². The lowest BCUT2D eigenvalue weighted by Crippen LogP contribution is -2.49. The van der Waals surface area contributed by atoms with Crippen LogP contribution in [-0.4, -0.2) is 48.6 Å². The number of halogens is 2. The van der Waals surface area contributed by atoms with Crippen molar-refractivity contribution in [2.45, 2.75) is 51.6 Å². The number of hydrogen-bond donors (Lipinski definition) is 2. The number of nitrogens with one attached hydrogen (secondary N) is 2. The molecular formula is C28H34Cl2N6O2. The molecule has 0 unspecified atom stereocenters. The third kappa shape index (κ3) is 5.81. The number of nitrogens with zero attached hydrogens (tertiary/aromatic N) is 4. The number of carbonyl (C=O) groups is 2. The van der Waals surface area contributed by atoms with Crippen molar-refractivity contribution >= 4 is 53.5 Å². The van der Waals surface area contributed by atoms with Gasteiger partial charge in [0.2, 0.25) is 5.96 Å². The topological polar surface area (TPSA) is 89.4 Å². The SMILES string of the molecule is C=NNC(=NC)NC(=O)c1ccc(CN2C(=O)N(c3ccc(Cl)cc3Cl)CC23CCC(C(C)C)CC3)cc1. The summed E-state index contributed by atoms with van der Waals surface area (Å²) in [6, 6.07) is 12.5. The van der Waals surface area contributed by atoms with E-state index in [1.54, 1.807) is 29.2 Å². The average Bonchev–Trinajstić information content (AvgIpc) is 3.15. The van der Waals surface area contributed by atoms with Crippen LogP contribution in [0.2, 0.25) is 10.0 Å². The zero-order chi connectivity index (χ0) is 27.4. The normalized spacial score (nSPS) is 21.8. The Morgan fingerprint density at radius 1 is 1.16 bits per heavy atom.